The van der Waals surface area contributed by atoms with Gasteiger partial charge in [-0.2, -0.15) is 0 Å². The number of carbonyl (C=O) groups is 1. The highest BCUT2D eigenvalue weighted by Gasteiger charge is 2.03. The highest BCUT2D eigenvalue weighted by atomic mass is 35.5. The molecule has 4 N–H and O–H groups in total. The fourth-order valence-corrected chi connectivity index (χ4v) is 1.32. The molecule has 0 aliphatic carbocycles. The third-order valence-electron chi connectivity index (χ3n) is 1.82. The van der Waals surface area contributed by atoms with Crippen molar-refractivity contribution in [3.8, 4) is 0 Å². The van der Waals surface area contributed by atoms with Gasteiger partial charge in [0.2, 0.25) is 0 Å². The predicted molar refractivity (Wildman–Crippen MR) is 61.5 cm³/mol. The molecule has 84 valence electrons. The van der Waals surface area contributed by atoms with Gasteiger partial charge in [-0.15, -0.1) is 12.4 Å². The van der Waals surface area contributed by atoms with Crippen LogP contribution in [0.1, 0.15) is 11.1 Å². The van der Waals surface area contributed by atoms with Crippen LogP contribution in [0.3, 0.4) is 0 Å². The molecule has 0 fully saturated rings. The lowest BCUT2D eigenvalue weighted by molar-refractivity contribution is 0.194. The van der Waals surface area contributed by atoms with Gasteiger partial charge in [-0.1, -0.05) is 17.7 Å². The number of nitrogens with two attached hydrogens (primary N) is 1. The molecule has 1 aromatic carbocycles. The van der Waals surface area contributed by atoms with Gasteiger partial charge in [0.25, 0.3) is 0 Å². The molecule has 1 amide bonds. The van der Waals surface area contributed by atoms with Crippen LogP contribution in [0.15, 0.2) is 18.2 Å². The summed E-state index contributed by atoms with van der Waals surface area (Å²) in [5.74, 6) is 0. The first-order valence-corrected chi connectivity index (χ1v) is 4.45. The molecule has 0 heterocycles. The zero-order chi connectivity index (χ0) is 10.6. The second-order valence-corrected chi connectivity index (χ2v) is 3.21. The average molecular weight is 251 g/mol. The topological polar surface area (TPSA) is 75.3 Å². The van der Waals surface area contributed by atoms with Crippen molar-refractivity contribution in [1.29, 1.82) is 0 Å². The van der Waals surface area contributed by atoms with Gasteiger partial charge >= 0.3 is 6.09 Å². The Hall–Kier alpha value is -0.970. The number of benzene rings is 1. The van der Waals surface area contributed by atoms with Crippen molar-refractivity contribution in [2.24, 2.45) is 5.73 Å². The molecule has 4 nitrogen and oxygen atoms in total. The van der Waals surface area contributed by atoms with E-state index in [-0.39, 0.29) is 19.0 Å². The Kier molecular flexibility index (Phi) is 6.08. The number of hydrogen-bond donors (Lipinski definition) is 3. The van der Waals surface area contributed by atoms with Gasteiger partial charge in [0.15, 0.2) is 0 Å². The molecule has 1 aromatic rings. The number of halogens is 2. The molecule has 0 aliphatic heterocycles. The minimum Gasteiger partial charge on any atom is -0.465 e. The van der Waals surface area contributed by atoms with Crippen LogP contribution < -0.4 is 11.1 Å². The zero-order valence-corrected chi connectivity index (χ0v) is 9.44. The normalized spacial score (nSPS) is 9.20. The molecule has 0 saturated carbocycles. The summed E-state index contributed by atoms with van der Waals surface area (Å²) in [7, 11) is 0. The highest BCUT2D eigenvalue weighted by Crippen LogP contribution is 2.15. The van der Waals surface area contributed by atoms with Gasteiger partial charge in [-0.25, -0.2) is 4.79 Å². The second kappa shape index (κ2) is 6.50. The van der Waals surface area contributed by atoms with Crippen LogP contribution in [0, 0.1) is 0 Å². The second-order valence-electron chi connectivity index (χ2n) is 2.78. The lowest BCUT2D eigenvalue weighted by Gasteiger charge is -2.07. The van der Waals surface area contributed by atoms with Crippen LogP contribution in [-0.2, 0) is 13.1 Å². The summed E-state index contributed by atoms with van der Waals surface area (Å²) in [5.41, 5.74) is 7.19. The summed E-state index contributed by atoms with van der Waals surface area (Å²) in [6, 6.07) is 5.21. The van der Waals surface area contributed by atoms with E-state index in [1.165, 1.54) is 0 Å². The number of rotatable bonds is 3. The van der Waals surface area contributed by atoms with E-state index >= 15 is 0 Å². The lowest BCUT2D eigenvalue weighted by Crippen LogP contribution is -2.21. The molecule has 15 heavy (non-hydrogen) atoms. The Balaban J connectivity index is 0.00000196. The van der Waals surface area contributed by atoms with E-state index in [9.17, 15) is 4.79 Å². The molecule has 0 spiro atoms. The van der Waals surface area contributed by atoms with Gasteiger partial charge < -0.3 is 16.2 Å². The van der Waals surface area contributed by atoms with Gasteiger partial charge in [-0.05, 0) is 23.3 Å². The molecular weight excluding hydrogens is 239 g/mol. The molecule has 6 heteroatoms. The SMILES string of the molecule is Cl.NCc1cc(Cl)ccc1CNC(=O)O. The summed E-state index contributed by atoms with van der Waals surface area (Å²) in [6.07, 6.45) is -1.05. The van der Waals surface area contributed by atoms with E-state index in [2.05, 4.69) is 5.32 Å². The molecule has 0 atom stereocenters. The standard InChI is InChI=1S/C9H11ClN2O2.ClH/c10-8-2-1-6(5-12-9(13)14)7(3-8)4-11;/h1-3,12H,4-5,11H2,(H,13,14);1H. The van der Waals surface area contributed by atoms with Crippen LogP contribution >= 0.6 is 24.0 Å². The first-order chi connectivity index (χ1) is 6.63. The molecule has 0 aromatic heterocycles. The number of hydrogen-bond acceptors (Lipinski definition) is 2. The maximum atomic E-state index is 10.3. The van der Waals surface area contributed by atoms with Gasteiger partial charge in [0.1, 0.15) is 0 Å². The van der Waals surface area contributed by atoms with Crippen molar-refractivity contribution in [3.63, 3.8) is 0 Å². The third kappa shape index (κ3) is 4.38. The maximum absolute atomic E-state index is 10.3. The Labute approximate surface area is 98.8 Å². The molecule has 0 saturated heterocycles. The van der Waals surface area contributed by atoms with Crippen molar-refractivity contribution in [2.75, 3.05) is 0 Å². The summed E-state index contributed by atoms with van der Waals surface area (Å²) >= 11 is 5.77. The van der Waals surface area contributed by atoms with E-state index in [0.29, 0.717) is 11.6 Å². The van der Waals surface area contributed by atoms with Crippen LogP contribution in [0.2, 0.25) is 5.02 Å². The molecular formula is C9H12Cl2N2O2. The van der Waals surface area contributed by atoms with E-state index in [4.69, 9.17) is 22.4 Å². The van der Waals surface area contributed by atoms with Gasteiger partial charge in [0.05, 0.1) is 0 Å². The summed E-state index contributed by atoms with van der Waals surface area (Å²) < 4.78 is 0. The summed E-state index contributed by atoms with van der Waals surface area (Å²) in [5, 5.41) is 11.3. The van der Waals surface area contributed by atoms with Crippen LogP contribution in [0.4, 0.5) is 4.79 Å². The summed E-state index contributed by atoms with van der Waals surface area (Å²) in [4.78, 5) is 10.3. The quantitative estimate of drug-likeness (QED) is 0.768. The maximum Gasteiger partial charge on any atom is 0.404 e. The number of carboxylic acid groups (broad SMARTS) is 1. The predicted octanol–water partition coefficient (Wildman–Crippen LogP) is 1.99. The van der Waals surface area contributed by atoms with Crippen molar-refractivity contribution >= 4 is 30.1 Å². The lowest BCUT2D eigenvalue weighted by atomic mass is 10.1. The Morgan fingerprint density at radius 2 is 2.13 bits per heavy atom. The van der Waals surface area contributed by atoms with E-state index in [1.54, 1.807) is 18.2 Å². The summed E-state index contributed by atoms with van der Waals surface area (Å²) in [6.45, 7) is 0.593. The van der Waals surface area contributed by atoms with Gasteiger partial charge in [-0.3, -0.25) is 0 Å². The fraction of sp³-hybridized carbons (Fsp3) is 0.222. The Morgan fingerprint density at radius 1 is 1.47 bits per heavy atom. The first kappa shape index (κ1) is 14.0. The number of nitrogens with one attached hydrogen (secondary N) is 1. The van der Waals surface area contributed by atoms with Crippen molar-refractivity contribution < 1.29 is 9.90 Å². The average Bonchev–Trinajstić information content (AvgIpc) is 2.15. The molecule has 0 aliphatic rings. The minimum atomic E-state index is -1.05. The van der Waals surface area contributed by atoms with Crippen molar-refractivity contribution in [1.82, 2.24) is 5.32 Å². The molecule has 0 unspecified atom stereocenters. The van der Waals surface area contributed by atoms with Gasteiger partial charge in [0, 0.05) is 18.1 Å². The van der Waals surface area contributed by atoms with Crippen LogP contribution in [-0.4, -0.2) is 11.2 Å². The van der Waals surface area contributed by atoms with Crippen molar-refractivity contribution in [2.45, 2.75) is 13.1 Å². The van der Waals surface area contributed by atoms with E-state index < -0.39 is 6.09 Å². The minimum absolute atomic E-state index is 0. The van der Waals surface area contributed by atoms with Crippen LogP contribution in [0.5, 0.6) is 0 Å². The third-order valence-corrected chi connectivity index (χ3v) is 2.05. The molecule has 1 rings (SSSR count). The van der Waals surface area contributed by atoms with E-state index in [1.807, 2.05) is 0 Å². The molecule has 0 radical (unpaired) electrons. The Morgan fingerprint density at radius 3 is 2.67 bits per heavy atom. The zero-order valence-electron chi connectivity index (χ0n) is 7.87. The number of amides is 1. The monoisotopic (exact) mass is 250 g/mol. The fourth-order valence-electron chi connectivity index (χ4n) is 1.13. The smallest absolute Gasteiger partial charge is 0.404 e. The van der Waals surface area contributed by atoms with E-state index in [0.717, 1.165) is 11.1 Å². The largest absolute Gasteiger partial charge is 0.465 e. The molecule has 0 bridgehead atoms. The van der Waals surface area contributed by atoms with Crippen LogP contribution in [0.25, 0.3) is 0 Å². The Bertz CT molecular complexity index is 345. The highest BCUT2D eigenvalue weighted by molar-refractivity contribution is 6.30. The first-order valence-electron chi connectivity index (χ1n) is 4.07. The van der Waals surface area contributed by atoms with Crippen molar-refractivity contribution in [3.05, 3.63) is 34.3 Å².